The third-order valence-corrected chi connectivity index (χ3v) is 7.23. The zero-order valence-electron chi connectivity index (χ0n) is 13.3. The Morgan fingerprint density at radius 2 is 1.76 bits per heavy atom. The number of benzene rings is 2. The quantitative estimate of drug-likeness (QED) is 0.825. The van der Waals surface area contributed by atoms with E-state index in [0.29, 0.717) is 21.5 Å². The number of methoxy groups -OCH3 is 1. The molecule has 8 heteroatoms. The van der Waals surface area contributed by atoms with Gasteiger partial charge in [-0.1, -0.05) is 23.2 Å². The van der Waals surface area contributed by atoms with Gasteiger partial charge in [-0.15, -0.1) is 0 Å². The lowest BCUT2D eigenvalue weighted by atomic mass is 10.3. The third-order valence-electron chi connectivity index (χ3n) is 4.17. The molecule has 1 aliphatic rings. The largest absolute Gasteiger partial charge is 0.495 e. The molecule has 0 atom stereocenters. The summed E-state index contributed by atoms with van der Waals surface area (Å²) in [7, 11) is -2.33. The lowest BCUT2D eigenvalue weighted by Crippen LogP contribution is -2.37. The van der Waals surface area contributed by atoms with E-state index in [0.717, 1.165) is 0 Å². The zero-order chi connectivity index (χ0) is 18.2. The van der Waals surface area contributed by atoms with Crippen molar-refractivity contribution in [2.24, 2.45) is 0 Å². The molecule has 3 rings (SSSR count). The number of rotatable bonds is 5. The van der Waals surface area contributed by atoms with Crippen LogP contribution in [-0.4, -0.2) is 26.2 Å². The summed E-state index contributed by atoms with van der Waals surface area (Å²) in [4.78, 5) is 12.7. The number of ether oxygens (including phenoxy) is 1. The van der Waals surface area contributed by atoms with E-state index in [4.69, 9.17) is 27.9 Å². The molecule has 1 fully saturated rings. The van der Waals surface area contributed by atoms with E-state index in [-0.39, 0.29) is 17.7 Å². The van der Waals surface area contributed by atoms with Crippen LogP contribution in [0.5, 0.6) is 5.75 Å². The molecule has 0 heterocycles. The maximum absolute atomic E-state index is 12.9. The van der Waals surface area contributed by atoms with E-state index in [1.807, 2.05) is 0 Å². The van der Waals surface area contributed by atoms with Gasteiger partial charge in [-0.25, -0.2) is 8.42 Å². The van der Waals surface area contributed by atoms with Crippen LogP contribution >= 0.6 is 23.2 Å². The third kappa shape index (κ3) is 3.21. The van der Waals surface area contributed by atoms with Gasteiger partial charge >= 0.3 is 0 Å². The van der Waals surface area contributed by atoms with Gasteiger partial charge in [0.15, 0.2) is 14.6 Å². The minimum atomic E-state index is -3.81. The Hall–Kier alpha value is -1.76. The first-order valence-electron chi connectivity index (χ1n) is 7.45. The molecule has 0 unspecified atom stereocenters. The Kier molecular flexibility index (Phi) is 4.70. The molecule has 0 spiro atoms. The van der Waals surface area contributed by atoms with E-state index in [2.05, 4.69) is 5.32 Å². The fourth-order valence-corrected chi connectivity index (χ4v) is 4.82. The van der Waals surface area contributed by atoms with Crippen molar-refractivity contribution in [2.75, 3.05) is 12.4 Å². The van der Waals surface area contributed by atoms with Gasteiger partial charge in [0.2, 0.25) is 5.91 Å². The normalized spacial score (nSPS) is 15.5. The molecule has 1 N–H and O–H groups in total. The zero-order valence-corrected chi connectivity index (χ0v) is 15.6. The highest BCUT2D eigenvalue weighted by atomic mass is 35.5. The fourth-order valence-electron chi connectivity index (χ4n) is 2.56. The van der Waals surface area contributed by atoms with Crippen molar-refractivity contribution in [1.82, 2.24) is 0 Å². The molecule has 25 heavy (non-hydrogen) atoms. The highest BCUT2D eigenvalue weighted by molar-refractivity contribution is 7.94. The van der Waals surface area contributed by atoms with E-state index < -0.39 is 20.5 Å². The molecular formula is C17H15Cl2NO4S. The van der Waals surface area contributed by atoms with Crippen LogP contribution in [0.4, 0.5) is 5.69 Å². The predicted molar refractivity (Wildman–Crippen MR) is 97.2 cm³/mol. The first-order chi connectivity index (χ1) is 11.8. The Labute approximate surface area is 155 Å². The van der Waals surface area contributed by atoms with E-state index >= 15 is 0 Å². The van der Waals surface area contributed by atoms with Crippen LogP contribution in [-0.2, 0) is 14.6 Å². The number of carbonyl (C=O) groups is 1. The second-order valence-electron chi connectivity index (χ2n) is 5.76. The second-order valence-corrected chi connectivity index (χ2v) is 8.86. The summed E-state index contributed by atoms with van der Waals surface area (Å²) in [6, 6.07) is 10.5. The number of hydrogen-bond acceptors (Lipinski definition) is 4. The monoisotopic (exact) mass is 399 g/mol. The molecule has 1 aliphatic carbocycles. The van der Waals surface area contributed by atoms with Crippen LogP contribution in [0.25, 0.3) is 0 Å². The molecule has 0 saturated heterocycles. The minimum Gasteiger partial charge on any atom is -0.495 e. The molecular weight excluding hydrogens is 385 g/mol. The number of anilines is 1. The average Bonchev–Trinajstić information content (AvgIpc) is 3.38. The number of nitrogens with one attached hydrogen (secondary N) is 1. The van der Waals surface area contributed by atoms with Gasteiger partial charge in [-0.3, -0.25) is 4.79 Å². The SMILES string of the molecule is COc1ccc(NC(=O)C2(S(=O)(=O)c3ccc(Cl)cc3)CC2)cc1Cl. The van der Waals surface area contributed by atoms with Crippen LogP contribution in [0.2, 0.25) is 10.0 Å². The molecule has 2 aromatic carbocycles. The molecule has 0 bridgehead atoms. The van der Waals surface area contributed by atoms with Gasteiger partial charge in [-0.2, -0.15) is 0 Å². The number of sulfone groups is 1. The standard InChI is InChI=1S/C17H15Cl2NO4S/c1-24-15-7-4-12(10-14(15)19)20-16(21)17(8-9-17)25(22,23)13-5-2-11(18)3-6-13/h2-7,10H,8-9H2,1H3,(H,20,21). The number of hydrogen-bond donors (Lipinski definition) is 1. The maximum atomic E-state index is 12.9. The second kappa shape index (κ2) is 6.52. The fraction of sp³-hybridized carbons (Fsp3) is 0.235. The van der Waals surface area contributed by atoms with Crippen molar-refractivity contribution in [2.45, 2.75) is 22.5 Å². The summed E-state index contributed by atoms with van der Waals surface area (Å²) >= 11 is 11.8. The smallest absolute Gasteiger partial charge is 0.246 e. The Morgan fingerprint density at radius 3 is 2.28 bits per heavy atom. The van der Waals surface area contributed by atoms with Crippen molar-refractivity contribution in [1.29, 1.82) is 0 Å². The Bertz CT molecular complexity index is 922. The maximum Gasteiger partial charge on any atom is 0.246 e. The molecule has 2 aromatic rings. The highest BCUT2D eigenvalue weighted by Crippen LogP contribution is 2.47. The van der Waals surface area contributed by atoms with E-state index in [1.54, 1.807) is 12.1 Å². The van der Waals surface area contributed by atoms with Crippen molar-refractivity contribution in [3.8, 4) is 5.75 Å². The van der Waals surface area contributed by atoms with Crippen molar-refractivity contribution >= 4 is 44.6 Å². The van der Waals surface area contributed by atoms with Crippen molar-refractivity contribution in [3.05, 3.63) is 52.5 Å². The van der Waals surface area contributed by atoms with E-state index in [9.17, 15) is 13.2 Å². The Balaban J connectivity index is 1.86. The van der Waals surface area contributed by atoms with Gasteiger partial charge < -0.3 is 10.1 Å². The minimum absolute atomic E-state index is 0.0808. The van der Waals surface area contributed by atoms with Crippen molar-refractivity contribution in [3.63, 3.8) is 0 Å². The summed E-state index contributed by atoms with van der Waals surface area (Å²) in [6.07, 6.45) is 0.543. The summed E-state index contributed by atoms with van der Waals surface area (Å²) in [5.41, 5.74) is 0.411. The predicted octanol–water partition coefficient (Wildman–Crippen LogP) is 3.95. The topological polar surface area (TPSA) is 72.5 Å². The van der Waals surface area contributed by atoms with Crippen LogP contribution in [0.15, 0.2) is 47.4 Å². The van der Waals surface area contributed by atoms with Crippen LogP contribution in [0.1, 0.15) is 12.8 Å². The van der Waals surface area contributed by atoms with Gasteiger partial charge in [-0.05, 0) is 55.3 Å². The van der Waals surface area contributed by atoms with Gasteiger partial charge in [0.1, 0.15) is 5.75 Å². The lowest BCUT2D eigenvalue weighted by molar-refractivity contribution is -0.116. The summed E-state index contributed by atoms with van der Waals surface area (Å²) in [5.74, 6) is -0.0988. The number of halogens is 2. The molecule has 5 nitrogen and oxygen atoms in total. The van der Waals surface area contributed by atoms with Crippen molar-refractivity contribution < 1.29 is 17.9 Å². The number of carbonyl (C=O) groups excluding carboxylic acids is 1. The Morgan fingerprint density at radius 1 is 1.12 bits per heavy atom. The molecule has 132 valence electrons. The molecule has 0 aromatic heterocycles. The first kappa shape index (κ1) is 18.0. The van der Waals surface area contributed by atoms with E-state index in [1.165, 1.54) is 37.4 Å². The first-order valence-corrected chi connectivity index (χ1v) is 9.69. The van der Waals surface area contributed by atoms with Crippen LogP contribution < -0.4 is 10.1 Å². The van der Waals surface area contributed by atoms with Crippen LogP contribution in [0.3, 0.4) is 0 Å². The van der Waals surface area contributed by atoms with Crippen LogP contribution in [0, 0.1) is 0 Å². The molecule has 1 amide bonds. The van der Waals surface area contributed by atoms with Gasteiger partial charge in [0.05, 0.1) is 17.0 Å². The molecule has 0 aliphatic heterocycles. The average molecular weight is 400 g/mol. The highest BCUT2D eigenvalue weighted by Gasteiger charge is 2.61. The molecule has 0 radical (unpaired) electrons. The summed E-state index contributed by atoms with van der Waals surface area (Å²) < 4.78 is 29.4. The van der Waals surface area contributed by atoms with Gasteiger partial charge in [0, 0.05) is 10.7 Å². The number of amides is 1. The van der Waals surface area contributed by atoms with Gasteiger partial charge in [0.25, 0.3) is 0 Å². The summed E-state index contributed by atoms with van der Waals surface area (Å²) in [6.45, 7) is 0. The summed E-state index contributed by atoms with van der Waals surface area (Å²) in [5, 5.41) is 3.40. The molecule has 1 saturated carbocycles. The lowest BCUT2D eigenvalue weighted by Gasteiger charge is -2.17.